The first kappa shape index (κ1) is 22.4. The third-order valence-corrected chi connectivity index (χ3v) is 10.5. The summed E-state index contributed by atoms with van der Waals surface area (Å²) in [5, 5.41) is 0. The summed E-state index contributed by atoms with van der Waals surface area (Å²) in [7, 11) is -1.12. The van der Waals surface area contributed by atoms with Crippen molar-refractivity contribution < 1.29 is 9.53 Å². The Kier molecular flexibility index (Phi) is 13.5. The van der Waals surface area contributed by atoms with E-state index in [9.17, 15) is 4.79 Å². The molecule has 2 nitrogen and oxygen atoms in total. The van der Waals surface area contributed by atoms with Gasteiger partial charge in [0, 0.05) is 5.57 Å². The molecule has 0 saturated carbocycles. The Labute approximate surface area is 146 Å². The van der Waals surface area contributed by atoms with Crippen LogP contribution in [0.15, 0.2) is 12.2 Å². The summed E-state index contributed by atoms with van der Waals surface area (Å²) < 4.78 is 5.24. The minimum atomic E-state index is -1.12. The molecule has 0 aromatic carbocycles. The topological polar surface area (TPSA) is 26.3 Å². The van der Waals surface area contributed by atoms with Crippen molar-refractivity contribution >= 4 is 14.0 Å². The van der Waals surface area contributed by atoms with Crippen LogP contribution in [0.1, 0.15) is 79.1 Å². The maximum atomic E-state index is 11.4. The largest absolute Gasteiger partial charge is 0.462 e. The van der Waals surface area contributed by atoms with Gasteiger partial charge in [-0.05, 0) is 13.3 Å². The van der Waals surface area contributed by atoms with E-state index >= 15 is 0 Å². The van der Waals surface area contributed by atoms with E-state index in [-0.39, 0.29) is 5.97 Å². The first-order chi connectivity index (χ1) is 11.0. The molecule has 0 unspecified atom stereocenters. The summed E-state index contributed by atoms with van der Waals surface area (Å²) >= 11 is 0. The fraction of sp³-hybridized carbons (Fsp3) is 0.850. The molecule has 0 spiro atoms. The molecule has 0 aliphatic carbocycles. The minimum absolute atomic E-state index is 0.239. The molecule has 136 valence electrons. The lowest BCUT2D eigenvalue weighted by Crippen LogP contribution is -2.33. The van der Waals surface area contributed by atoms with Gasteiger partial charge >= 0.3 is 5.97 Å². The van der Waals surface area contributed by atoms with Gasteiger partial charge in [-0.25, -0.2) is 4.79 Å². The first-order valence-electron chi connectivity index (χ1n) is 9.84. The lowest BCUT2D eigenvalue weighted by atomic mass is 10.3. The average molecular weight is 341 g/mol. The second kappa shape index (κ2) is 13.8. The Morgan fingerprint density at radius 1 is 0.826 bits per heavy atom. The highest BCUT2D eigenvalue weighted by molar-refractivity contribution is 6.79. The lowest BCUT2D eigenvalue weighted by Gasteiger charge is -2.32. The van der Waals surface area contributed by atoms with Gasteiger partial charge < -0.3 is 4.74 Å². The average Bonchev–Trinajstić information content (AvgIpc) is 2.55. The molecule has 0 radical (unpaired) electrons. The molecule has 0 aliphatic rings. The normalized spacial score (nSPS) is 11.5. The van der Waals surface area contributed by atoms with Crippen LogP contribution in [-0.2, 0) is 9.53 Å². The second-order valence-corrected chi connectivity index (χ2v) is 12.2. The lowest BCUT2D eigenvalue weighted by molar-refractivity contribution is -0.139. The molecule has 0 fully saturated rings. The zero-order valence-corrected chi connectivity index (χ0v) is 17.2. The predicted octanol–water partition coefficient (Wildman–Crippen LogP) is 6.74. The molecular weight excluding hydrogens is 300 g/mol. The fourth-order valence-corrected chi connectivity index (χ4v) is 9.11. The smallest absolute Gasteiger partial charge is 0.333 e. The quantitative estimate of drug-likeness (QED) is 0.143. The van der Waals surface area contributed by atoms with E-state index in [4.69, 9.17) is 4.74 Å². The molecule has 0 N–H and O–H groups in total. The molecule has 0 rings (SSSR count). The first-order valence-corrected chi connectivity index (χ1v) is 12.7. The van der Waals surface area contributed by atoms with Crippen LogP contribution in [0.4, 0.5) is 0 Å². The molecule has 0 saturated heterocycles. The fourth-order valence-electron chi connectivity index (χ4n) is 3.30. The number of hydrogen-bond acceptors (Lipinski definition) is 2. The number of rotatable bonds is 15. The van der Waals surface area contributed by atoms with E-state index in [1.807, 2.05) is 0 Å². The maximum absolute atomic E-state index is 11.4. The highest BCUT2D eigenvalue weighted by Gasteiger charge is 2.30. The minimum Gasteiger partial charge on any atom is -0.462 e. The zero-order valence-electron chi connectivity index (χ0n) is 16.2. The molecule has 0 atom stereocenters. The summed E-state index contributed by atoms with van der Waals surface area (Å²) in [6.45, 7) is 12.8. The third kappa shape index (κ3) is 10.8. The Hall–Kier alpha value is -0.573. The van der Waals surface area contributed by atoms with E-state index < -0.39 is 8.07 Å². The van der Waals surface area contributed by atoms with Crippen LogP contribution in [0.2, 0.25) is 24.2 Å². The molecule has 0 aromatic heterocycles. The Morgan fingerprint density at radius 3 is 1.65 bits per heavy atom. The molecule has 0 aliphatic heterocycles. The predicted molar refractivity (Wildman–Crippen MR) is 105 cm³/mol. The molecule has 0 heterocycles. The third-order valence-electron chi connectivity index (χ3n) is 4.87. The van der Waals surface area contributed by atoms with Crippen molar-refractivity contribution in [2.24, 2.45) is 0 Å². The molecule has 0 amide bonds. The van der Waals surface area contributed by atoms with Crippen LogP contribution in [0, 0.1) is 0 Å². The van der Waals surface area contributed by atoms with Crippen molar-refractivity contribution in [2.75, 3.05) is 6.61 Å². The van der Waals surface area contributed by atoms with Gasteiger partial charge in [-0.2, -0.15) is 0 Å². The van der Waals surface area contributed by atoms with Gasteiger partial charge in [0.05, 0.1) is 14.7 Å². The Morgan fingerprint density at radius 2 is 1.26 bits per heavy atom. The number of carbonyl (C=O) groups excluding carboxylic acids is 1. The summed E-state index contributed by atoms with van der Waals surface area (Å²) in [5.74, 6) is -0.239. The van der Waals surface area contributed by atoms with Gasteiger partial charge in [0.2, 0.25) is 0 Å². The van der Waals surface area contributed by atoms with Crippen molar-refractivity contribution in [3.8, 4) is 0 Å². The van der Waals surface area contributed by atoms with Gasteiger partial charge in [-0.1, -0.05) is 96.5 Å². The number of hydrogen-bond donors (Lipinski definition) is 0. The van der Waals surface area contributed by atoms with Crippen LogP contribution in [0.25, 0.3) is 0 Å². The molecule has 23 heavy (non-hydrogen) atoms. The van der Waals surface area contributed by atoms with Crippen LogP contribution < -0.4 is 0 Å². The molecule has 0 bridgehead atoms. The summed E-state index contributed by atoms with van der Waals surface area (Å²) in [6.07, 6.45) is 10.4. The van der Waals surface area contributed by atoms with Crippen molar-refractivity contribution in [3.63, 3.8) is 0 Å². The van der Waals surface area contributed by atoms with Gasteiger partial charge in [-0.3, -0.25) is 0 Å². The van der Waals surface area contributed by atoms with E-state index in [1.54, 1.807) is 6.92 Å². The monoisotopic (exact) mass is 340 g/mol. The summed E-state index contributed by atoms with van der Waals surface area (Å²) in [4.78, 5) is 11.4. The highest BCUT2D eigenvalue weighted by Crippen LogP contribution is 2.33. The van der Waals surface area contributed by atoms with Crippen molar-refractivity contribution in [2.45, 2.75) is 103 Å². The van der Waals surface area contributed by atoms with Crippen LogP contribution in [0.3, 0.4) is 0 Å². The number of unbranched alkanes of at least 4 members (excludes halogenated alkanes) is 4. The van der Waals surface area contributed by atoms with Crippen molar-refractivity contribution in [1.82, 2.24) is 0 Å². The number of carbonyl (C=O) groups is 1. The van der Waals surface area contributed by atoms with Crippen LogP contribution in [-0.4, -0.2) is 20.7 Å². The van der Waals surface area contributed by atoms with Gasteiger partial charge in [-0.15, -0.1) is 0 Å². The van der Waals surface area contributed by atoms with Gasteiger partial charge in [0.1, 0.15) is 0 Å². The standard InChI is InChI=1S/C20H40O2Si/c1-6-9-15-23(16-10-7-2,17-11-8-3)18-13-12-14-22-20(21)19(4)5/h4,6-18H2,1-3,5H3. The van der Waals surface area contributed by atoms with Crippen molar-refractivity contribution in [3.05, 3.63) is 12.2 Å². The van der Waals surface area contributed by atoms with E-state index in [2.05, 4.69) is 27.4 Å². The number of ether oxygens (including phenoxy) is 1. The van der Waals surface area contributed by atoms with E-state index in [0.29, 0.717) is 12.2 Å². The van der Waals surface area contributed by atoms with Crippen LogP contribution >= 0.6 is 0 Å². The SMILES string of the molecule is C=C(C)C(=O)OCCCC[Si](CCCC)(CCCC)CCCC. The Balaban J connectivity index is 4.40. The van der Waals surface area contributed by atoms with E-state index in [1.165, 1.54) is 69.1 Å². The highest BCUT2D eigenvalue weighted by atomic mass is 28.3. The van der Waals surface area contributed by atoms with Crippen LogP contribution in [0.5, 0.6) is 0 Å². The van der Waals surface area contributed by atoms with E-state index in [0.717, 1.165) is 6.42 Å². The van der Waals surface area contributed by atoms with Gasteiger partial charge in [0.15, 0.2) is 0 Å². The second-order valence-electron chi connectivity index (χ2n) is 7.18. The molecule has 3 heteroatoms. The number of esters is 1. The summed E-state index contributed by atoms with van der Waals surface area (Å²) in [6, 6.07) is 5.96. The zero-order chi connectivity index (χ0) is 17.6. The molecular formula is C20H40O2Si. The molecule has 0 aromatic rings. The Bertz CT molecular complexity index is 304. The summed E-state index contributed by atoms with van der Waals surface area (Å²) in [5.41, 5.74) is 0.502. The van der Waals surface area contributed by atoms with Crippen molar-refractivity contribution in [1.29, 1.82) is 0 Å². The van der Waals surface area contributed by atoms with Gasteiger partial charge in [0.25, 0.3) is 0 Å². The maximum Gasteiger partial charge on any atom is 0.333 e.